The molecule has 1 fully saturated rings. The number of nitrogens with zero attached hydrogens (tertiary/aromatic N) is 2. The number of hydrogen-bond acceptors (Lipinski definition) is 4. The number of halogens is 1. The third-order valence-corrected chi connectivity index (χ3v) is 4.24. The van der Waals surface area contributed by atoms with Crippen molar-refractivity contribution in [3.05, 3.63) is 42.5 Å². The minimum Gasteiger partial charge on any atom is -0.496 e. The number of ether oxygens (including phenoxy) is 2. The van der Waals surface area contributed by atoms with Crippen molar-refractivity contribution in [3.63, 3.8) is 0 Å². The van der Waals surface area contributed by atoms with Crippen LogP contribution in [0.4, 0.5) is 14.9 Å². The fourth-order valence-electron chi connectivity index (χ4n) is 2.98. The summed E-state index contributed by atoms with van der Waals surface area (Å²) in [4.78, 5) is 17.2. The standard InChI is InChI=1S/C18H19FN2O4/c1-24-17-8-13(19)2-3-15(17)14-4-6-20-9-16(14)21(18(22)23)10-12-5-7-25-11-12/h2-4,6,8-9,12H,5,7,10-11H2,1H3,(H,22,23). The van der Waals surface area contributed by atoms with Crippen LogP contribution in [0.15, 0.2) is 36.7 Å². The average Bonchev–Trinajstić information content (AvgIpc) is 3.12. The molecule has 2 aromatic rings. The number of carboxylic acid groups (broad SMARTS) is 1. The van der Waals surface area contributed by atoms with Gasteiger partial charge in [-0.05, 0) is 24.6 Å². The summed E-state index contributed by atoms with van der Waals surface area (Å²) >= 11 is 0. The summed E-state index contributed by atoms with van der Waals surface area (Å²) in [5.74, 6) is 0.0515. The summed E-state index contributed by atoms with van der Waals surface area (Å²) in [7, 11) is 1.45. The van der Waals surface area contributed by atoms with Gasteiger partial charge in [0, 0.05) is 42.5 Å². The Hall–Kier alpha value is -2.67. The first-order valence-corrected chi connectivity index (χ1v) is 7.96. The number of anilines is 1. The van der Waals surface area contributed by atoms with Gasteiger partial charge in [0.05, 0.1) is 25.6 Å². The first-order chi connectivity index (χ1) is 12.1. The Kier molecular flexibility index (Phi) is 5.14. The third kappa shape index (κ3) is 3.71. The van der Waals surface area contributed by atoms with Gasteiger partial charge < -0.3 is 14.6 Å². The quantitative estimate of drug-likeness (QED) is 0.898. The smallest absolute Gasteiger partial charge is 0.411 e. The number of methoxy groups -OCH3 is 1. The monoisotopic (exact) mass is 346 g/mol. The van der Waals surface area contributed by atoms with Gasteiger partial charge in [-0.2, -0.15) is 0 Å². The van der Waals surface area contributed by atoms with Gasteiger partial charge in [-0.25, -0.2) is 9.18 Å². The Morgan fingerprint density at radius 2 is 2.28 bits per heavy atom. The van der Waals surface area contributed by atoms with Gasteiger partial charge in [-0.15, -0.1) is 0 Å². The first kappa shape index (κ1) is 17.2. The highest BCUT2D eigenvalue weighted by atomic mass is 19.1. The van der Waals surface area contributed by atoms with Crippen molar-refractivity contribution in [3.8, 4) is 16.9 Å². The molecule has 1 saturated heterocycles. The second-order valence-electron chi connectivity index (χ2n) is 5.86. The summed E-state index contributed by atoms with van der Waals surface area (Å²) in [6.07, 6.45) is 2.82. The average molecular weight is 346 g/mol. The maximum atomic E-state index is 13.5. The molecule has 1 aliphatic heterocycles. The Balaban J connectivity index is 2.03. The second-order valence-corrected chi connectivity index (χ2v) is 5.86. The molecule has 1 aliphatic rings. The summed E-state index contributed by atoms with van der Waals surface area (Å²) < 4.78 is 24.1. The SMILES string of the molecule is COc1cc(F)ccc1-c1ccncc1N(CC1CCOC1)C(=O)O. The highest BCUT2D eigenvalue weighted by Crippen LogP contribution is 2.37. The Bertz CT molecular complexity index is 762. The van der Waals surface area contributed by atoms with Crippen LogP contribution in [-0.4, -0.2) is 43.1 Å². The van der Waals surface area contributed by atoms with E-state index in [2.05, 4.69) is 4.98 Å². The fourth-order valence-corrected chi connectivity index (χ4v) is 2.98. The molecule has 3 rings (SSSR count). The molecule has 1 amide bonds. The highest BCUT2D eigenvalue weighted by molar-refractivity contribution is 5.93. The van der Waals surface area contributed by atoms with E-state index in [1.807, 2.05) is 0 Å². The number of benzene rings is 1. The number of rotatable bonds is 5. The molecule has 2 heterocycles. The van der Waals surface area contributed by atoms with E-state index in [-0.39, 0.29) is 5.92 Å². The normalized spacial score (nSPS) is 16.6. The number of aromatic nitrogens is 1. The minimum absolute atomic E-state index is 0.138. The maximum absolute atomic E-state index is 13.5. The Morgan fingerprint density at radius 1 is 1.44 bits per heavy atom. The predicted molar refractivity (Wildman–Crippen MR) is 90.5 cm³/mol. The van der Waals surface area contributed by atoms with Crippen LogP contribution in [-0.2, 0) is 4.74 Å². The van der Waals surface area contributed by atoms with Crippen LogP contribution in [0, 0.1) is 11.7 Å². The summed E-state index contributed by atoms with van der Waals surface area (Å²) in [5.41, 5.74) is 1.66. The van der Waals surface area contributed by atoms with Crippen molar-refractivity contribution >= 4 is 11.8 Å². The van der Waals surface area contributed by atoms with E-state index < -0.39 is 11.9 Å². The molecule has 0 saturated carbocycles. The lowest BCUT2D eigenvalue weighted by molar-refractivity contribution is 0.183. The molecular weight excluding hydrogens is 327 g/mol. The van der Waals surface area contributed by atoms with Crippen molar-refractivity contribution in [2.45, 2.75) is 6.42 Å². The van der Waals surface area contributed by atoms with Crippen LogP contribution < -0.4 is 9.64 Å². The molecule has 7 heteroatoms. The number of pyridine rings is 1. The summed E-state index contributed by atoms with van der Waals surface area (Å²) in [5, 5.41) is 9.70. The lowest BCUT2D eigenvalue weighted by Crippen LogP contribution is -2.35. The molecule has 0 radical (unpaired) electrons. The zero-order chi connectivity index (χ0) is 17.8. The van der Waals surface area contributed by atoms with Gasteiger partial charge in [0.25, 0.3) is 0 Å². The van der Waals surface area contributed by atoms with Crippen molar-refractivity contribution < 1.29 is 23.8 Å². The van der Waals surface area contributed by atoms with Crippen LogP contribution in [0.2, 0.25) is 0 Å². The van der Waals surface area contributed by atoms with Crippen LogP contribution in [0.3, 0.4) is 0 Å². The maximum Gasteiger partial charge on any atom is 0.411 e. The predicted octanol–water partition coefficient (Wildman–Crippen LogP) is 3.42. The van der Waals surface area contributed by atoms with Gasteiger partial charge in [0.2, 0.25) is 0 Å². The molecule has 6 nitrogen and oxygen atoms in total. The molecular formula is C18H19FN2O4. The minimum atomic E-state index is -1.07. The molecule has 0 aliphatic carbocycles. The Morgan fingerprint density at radius 3 is 2.96 bits per heavy atom. The lowest BCUT2D eigenvalue weighted by Gasteiger charge is -2.24. The first-order valence-electron chi connectivity index (χ1n) is 7.96. The van der Waals surface area contributed by atoms with E-state index >= 15 is 0 Å². The molecule has 1 N–H and O–H groups in total. The number of carbonyl (C=O) groups is 1. The second kappa shape index (κ2) is 7.48. The van der Waals surface area contributed by atoms with Crippen LogP contribution >= 0.6 is 0 Å². The number of amides is 1. The molecule has 1 atom stereocenters. The Labute approximate surface area is 144 Å². The van der Waals surface area contributed by atoms with Gasteiger partial charge in [-0.1, -0.05) is 0 Å². The van der Waals surface area contributed by atoms with E-state index in [4.69, 9.17) is 9.47 Å². The zero-order valence-corrected chi connectivity index (χ0v) is 13.8. The molecule has 132 valence electrons. The van der Waals surface area contributed by atoms with Gasteiger partial charge in [-0.3, -0.25) is 9.88 Å². The van der Waals surface area contributed by atoms with E-state index in [1.165, 1.54) is 30.3 Å². The molecule has 25 heavy (non-hydrogen) atoms. The summed E-state index contributed by atoms with van der Waals surface area (Å²) in [6, 6.07) is 5.87. The van der Waals surface area contributed by atoms with Crippen molar-refractivity contribution in [2.24, 2.45) is 5.92 Å². The highest BCUT2D eigenvalue weighted by Gasteiger charge is 2.26. The largest absolute Gasteiger partial charge is 0.496 e. The van der Waals surface area contributed by atoms with Gasteiger partial charge in [0.15, 0.2) is 0 Å². The molecule has 1 unspecified atom stereocenters. The number of hydrogen-bond donors (Lipinski definition) is 1. The molecule has 1 aromatic carbocycles. The zero-order valence-electron chi connectivity index (χ0n) is 13.8. The van der Waals surface area contributed by atoms with Crippen molar-refractivity contribution in [2.75, 3.05) is 31.8 Å². The van der Waals surface area contributed by atoms with E-state index in [1.54, 1.807) is 18.3 Å². The molecule has 0 bridgehead atoms. The van der Waals surface area contributed by atoms with Crippen LogP contribution in [0.25, 0.3) is 11.1 Å². The van der Waals surface area contributed by atoms with E-state index in [0.29, 0.717) is 42.3 Å². The van der Waals surface area contributed by atoms with E-state index in [9.17, 15) is 14.3 Å². The lowest BCUT2D eigenvalue weighted by atomic mass is 10.0. The fraction of sp³-hybridized carbons (Fsp3) is 0.333. The topological polar surface area (TPSA) is 71.9 Å². The summed E-state index contributed by atoms with van der Waals surface area (Å²) in [6.45, 7) is 1.50. The molecule has 0 spiro atoms. The van der Waals surface area contributed by atoms with Crippen LogP contribution in [0.5, 0.6) is 5.75 Å². The third-order valence-electron chi connectivity index (χ3n) is 4.24. The van der Waals surface area contributed by atoms with Gasteiger partial charge >= 0.3 is 6.09 Å². The molecule has 1 aromatic heterocycles. The van der Waals surface area contributed by atoms with Crippen molar-refractivity contribution in [1.29, 1.82) is 0 Å². The van der Waals surface area contributed by atoms with Crippen LogP contribution in [0.1, 0.15) is 6.42 Å². The van der Waals surface area contributed by atoms with E-state index in [0.717, 1.165) is 6.42 Å². The van der Waals surface area contributed by atoms with Gasteiger partial charge in [0.1, 0.15) is 11.6 Å². The van der Waals surface area contributed by atoms with Crippen molar-refractivity contribution in [1.82, 2.24) is 4.98 Å².